The molecule has 2 rings (SSSR count). The summed E-state index contributed by atoms with van der Waals surface area (Å²) in [5, 5.41) is 7.29. The summed E-state index contributed by atoms with van der Waals surface area (Å²) in [6.45, 7) is 0.660. The highest BCUT2D eigenvalue weighted by molar-refractivity contribution is 5.95. The van der Waals surface area contributed by atoms with Gasteiger partial charge in [0.15, 0.2) is 0 Å². The van der Waals surface area contributed by atoms with Crippen LogP contribution in [0.2, 0.25) is 0 Å². The first kappa shape index (κ1) is 14.0. The Hall–Kier alpha value is -2.43. The first-order valence-corrected chi connectivity index (χ1v) is 6.33. The fraction of sp³-hybridized carbons (Fsp3) is 0.200. The van der Waals surface area contributed by atoms with Crippen molar-refractivity contribution in [3.8, 4) is 0 Å². The lowest BCUT2D eigenvalue weighted by Gasteiger charge is -2.20. The van der Waals surface area contributed by atoms with Gasteiger partial charge in [0.1, 0.15) is 11.7 Å². The molecular formula is C15H17FN4. The van der Waals surface area contributed by atoms with Crippen LogP contribution in [0.15, 0.2) is 42.6 Å². The van der Waals surface area contributed by atoms with Gasteiger partial charge in [-0.25, -0.2) is 4.39 Å². The van der Waals surface area contributed by atoms with Gasteiger partial charge < -0.3 is 10.6 Å². The number of anilines is 1. The third kappa shape index (κ3) is 3.32. The van der Waals surface area contributed by atoms with Crippen molar-refractivity contribution in [3.05, 3.63) is 59.7 Å². The molecule has 0 unspecified atom stereocenters. The standard InChI is InChI=1S/C15H17FN4/c1-20(9-7-12-4-2-3-8-19-12)14-6-5-11(15(17)18)10-13(14)16/h2-6,8,10H,7,9H2,1H3,(H3,17,18). The minimum atomic E-state index is -0.374. The van der Waals surface area contributed by atoms with E-state index in [4.69, 9.17) is 11.1 Å². The van der Waals surface area contributed by atoms with E-state index in [0.717, 1.165) is 12.1 Å². The number of likely N-dealkylation sites (N-methyl/N-ethyl adjacent to an activating group) is 1. The smallest absolute Gasteiger partial charge is 0.147 e. The van der Waals surface area contributed by atoms with Crippen molar-refractivity contribution in [2.45, 2.75) is 6.42 Å². The van der Waals surface area contributed by atoms with E-state index in [9.17, 15) is 4.39 Å². The molecule has 0 fully saturated rings. The quantitative estimate of drug-likeness (QED) is 0.647. The summed E-state index contributed by atoms with van der Waals surface area (Å²) < 4.78 is 14.0. The molecule has 0 spiro atoms. The van der Waals surface area contributed by atoms with Crippen molar-refractivity contribution in [2.24, 2.45) is 5.73 Å². The lowest BCUT2D eigenvalue weighted by Crippen LogP contribution is -2.22. The van der Waals surface area contributed by atoms with E-state index in [1.54, 1.807) is 18.3 Å². The summed E-state index contributed by atoms with van der Waals surface area (Å²) in [4.78, 5) is 6.07. The second-order valence-electron chi connectivity index (χ2n) is 4.57. The fourth-order valence-corrected chi connectivity index (χ4v) is 1.93. The van der Waals surface area contributed by atoms with Crippen molar-refractivity contribution < 1.29 is 4.39 Å². The molecule has 0 atom stereocenters. The van der Waals surface area contributed by atoms with Crippen molar-refractivity contribution in [1.82, 2.24) is 4.98 Å². The molecule has 1 heterocycles. The van der Waals surface area contributed by atoms with Gasteiger partial charge in [-0.3, -0.25) is 10.4 Å². The van der Waals surface area contributed by atoms with Gasteiger partial charge in [0.25, 0.3) is 0 Å². The number of hydrogen-bond acceptors (Lipinski definition) is 3. The second kappa shape index (κ2) is 6.14. The Bertz CT molecular complexity index is 598. The number of benzene rings is 1. The number of nitrogens with zero attached hydrogens (tertiary/aromatic N) is 2. The molecule has 0 saturated heterocycles. The normalized spacial score (nSPS) is 10.3. The van der Waals surface area contributed by atoms with Crippen LogP contribution in [0, 0.1) is 11.2 Å². The summed E-state index contributed by atoms with van der Waals surface area (Å²) in [5.74, 6) is -0.507. The Kier molecular flexibility index (Phi) is 4.30. The summed E-state index contributed by atoms with van der Waals surface area (Å²) >= 11 is 0. The summed E-state index contributed by atoms with van der Waals surface area (Å²) in [6, 6.07) is 10.3. The number of hydrogen-bond donors (Lipinski definition) is 2. The number of rotatable bonds is 5. The predicted octanol–water partition coefficient (Wildman–Crippen LogP) is 2.18. The third-order valence-corrected chi connectivity index (χ3v) is 3.10. The number of nitrogen functional groups attached to an aromatic ring is 1. The molecule has 0 aliphatic heterocycles. The van der Waals surface area contributed by atoms with Crippen molar-refractivity contribution >= 4 is 11.5 Å². The molecule has 5 heteroatoms. The average molecular weight is 272 g/mol. The highest BCUT2D eigenvalue weighted by Crippen LogP contribution is 2.19. The van der Waals surface area contributed by atoms with E-state index in [1.807, 2.05) is 30.1 Å². The Morgan fingerprint density at radius 1 is 1.35 bits per heavy atom. The zero-order valence-corrected chi connectivity index (χ0v) is 11.3. The maximum Gasteiger partial charge on any atom is 0.147 e. The van der Waals surface area contributed by atoms with Crippen molar-refractivity contribution in [1.29, 1.82) is 5.41 Å². The minimum absolute atomic E-state index is 0.133. The Morgan fingerprint density at radius 3 is 2.75 bits per heavy atom. The molecule has 104 valence electrons. The SMILES string of the molecule is CN(CCc1ccccn1)c1ccc(C(=N)N)cc1F. The zero-order valence-electron chi connectivity index (χ0n) is 11.3. The molecule has 20 heavy (non-hydrogen) atoms. The average Bonchev–Trinajstić information content (AvgIpc) is 2.45. The van der Waals surface area contributed by atoms with Crippen LogP contribution in [0.3, 0.4) is 0 Å². The first-order valence-electron chi connectivity index (χ1n) is 6.33. The van der Waals surface area contributed by atoms with Gasteiger partial charge in [-0.15, -0.1) is 0 Å². The highest BCUT2D eigenvalue weighted by atomic mass is 19.1. The monoisotopic (exact) mass is 272 g/mol. The molecule has 0 aliphatic rings. The minimum Gasteiger partial charge on any atom is -0.384 e. The predicted molar refractivity (Wildman–Crippen MR) is 78.6 cm³/mol. The van der Waals surface area contributed by atoms with Crippen molar-refractivity contribution in [3.63, 3.8) is 0 Å². The van der Waals surface area contributed by atoms with Crippen LogP contribution in [0.1, 0.15) is 11.3 Å². The molecule has 4 nitrogen and oxygen atoms in total. The molecule has 0 bridgehead atoms. The molecule has 1 aromatic carbocycles. The molecule has 0 amide bonds. The molecule has 0 radical (unpaired) electrons. The summed E-state index contributed by atoms with van der Waals surface area (Å²) in [6.07, 6.45) is 2.49. The number of nitrogens with one attached hydrogen (secondary N) is 1. The van der Waals surface area contributed by atoms with Gasteiger partial charge >= 0.3 is 0 Å². The number of pyridine rings is 1. The lowest BCUT2D eigenvalue weighted by molar-refractivity contribution is 0.621. The van der Waals surface area contributed by atoms with Crippen LogP contribution in [0.5, 0.6) is 0 Å². The Balaban J connectivity index is 2.06. The topological polar surface area (TPSA) is 66.0 Å². The van der Waals surface area contributed by atoms with Gasteiger partial charge in [-0.2, -0.15) is 0 Å². The van der Waals surface area contributed by atoms with E-state index < -0.39 is 0 Å². The van der Waals surface area contributed by atoms with E-state index in [0.29, 0.717) is 17.8 Å². The van der Waals surface area contributed by atoms with Gasteiger partial charge in [0.05, 0.1) is 5.69 Å². The van der Waals surface area contributed by atoms with Crippen LogP contribution < -0.4 is 10.6 Å². The molecule has 0 aliphatic carbocycles. The third-order valence-electron chi connectivity index (χ3n) is 3.10. The van der Waals surface area contributed by atoms with E-state index in [-0.39, 0.29) is 11.7 Å². The van der Waals surface area contributed by atoms with E-state index >= 15 is 0 Å². The van der Waals surface area contributed by atoms with Crippen molar-refractivity contribution in [2.75, 3.05) is 18.5 Å². The van der Waals surface area contributed by atoms with Gasteiger partial charge in [-0.1, -0.05) is 6.07 Å². The van der Waals surface area contributed by atoms with Crippen LogP contribution >= 0.6 is 0 Å². The van der Waals surface area contributed by atoms with Crippen LogP contribution in [0.4, 0.5) is 10.1 Å². The zero-order chi connectivity index (χ0) is 14.5. The Morgan fingerprint density at radius 2 is 2.15 bits per heavy atom. The van der Waals surface area contributed by atoms with E-state index in [1.165, 1.54) is 6.07 Å². The number of aromatic nitrogens is 1. The summed E-state index contributed by atoms with van der Waals surface area (Å²) in [7, 11) is 1.83. The Labute approximate surface area is 117 Å². The number of amidine groups is 1. The molecule has 3 N–H and O–H groups in total. The molecule has 0 saturated carbocycles. The largest absolute Gasteiger partial charge is 0.384 e. The summed E-state index contributed by atoms with van der Waals surface area (Å²) in [5.41, 5.74) is 7.20. The highest BCUT2D eigenvalue weighted by Gasteiger charge is 2.09. The van der Waals surface area contributed by atoms with Gasteiger partial charge in [-0.05, 0) is 30.3 Å². The van der Waals surface area contributed by atoms with Crippen LogP contribution in [0.25, 0.3) is 0 Å². The van der Waals surface area contributed by atoms with Crippen LogP contribution in [-0.2, 0) is 6.42 Å². The molecular weight excluding hydrogens is 255 g/mol. The molecule has 1 aromatic heterocycles. The van der Waals surface area contributed by atoms with Gasteiger partial charge in [0, 0.05) is 37.5 Å². The van der Waals surface area contributed by atoms with Crippen LogP contribution in [-0.4, -0.2) is 24.4 Å². The maximum atomic E-state index is 14.0. The maximum absolute atomic E-state index is 14.0. The first-order chi connectivity index (χ1) is 9.58. The second-order valence-corrected chi connectivity index (χ2v) is 4.57. The number of halogens is 1. The number of nitrogens with two attached hydrogens (primary N) is 1. The van der Waals surface area contributed by atoms with Gasteiger partial charge in [0.2, 0.25) is 0 Å². The lowest BCUT2D eigenvalue weighted by atomic mass is 10.1. The fourth-order valence-electron chi connectivity index (χ4n) is 1.93. The van der Waals surface area contributed by atoms with E-state index in [2.05, 4.69) is 4.98 Å². The molecule has 2 aromatic rings.